The first-order chi connectivity index (χ1) is 10.6. The Morgan fingerprint density at radius 2 is 1.95 bits per heavy atom. The highest BCUT2D eigenvalue weighted by Crippen LogP contribution is 2.26. The van der Waals surface area contributed by atoms with E-state index in [9.17, 15) is 4.79 Å². The summed E-state index contributed by atoms with van der Waals surface area (Å²) in [5.74, 6) is -0.177. The van der Waals surface area contributed by atoms with E-state index in [1.807, 2.05) is 32.1 Å². The van der Waals surface area contributed by atoms with Gasteiger partial charge in [-0.1, -0.05) is 43.9 Å². The van der Waals surface area contributed by atoms with Gasteiger partial charge in [-0.2, -0.15) is 0 Å². The van der Waals surface area contributed by atoms with E-state index in [1.54, 1.807) is 6.92 Å². The summed E-state index contributed by atoms with van der Waals surface area (Å²) in [4.78, 5) is 11.4. The quantitative estimate of drug-likeness (QED) is 0.678. The van der Waals surface area contributed by atoms with E-state index in [1.165, 1.54) is 0 Å². The molecule has 0 heterocycles. The van der Waals surface area contributed by atoms with Gasteiger partial charge in [0, 0.05) is 6.42 Å². The number of hydrogen-bond donors (Lipinski definition) is 0. The second-order valence-corrected chi connectivity index (χ2v) is 5.28. The molecule has 0 saturated heterocycles. The predicted molar refractivity (Wildman–Crippen MR) is 93.5 cm³/mol. The topological polar surface area (TPSA) is 26.3 Å². The van der Waals surface area contributed by atoms with Gasteiger partial charge in [-0.25, -0.2) is 0 Å². The molecule has 0 saturated carbocycles. The number of allylic oxidation sites excluding steroid dienone is 1. The Hall–Kier alpha value is -2.35. The first-order valence-corrected chi connectivity index (χ1v) is 7.61. The van der Waals surface area contributed by atoms with Gasteiger partial charge in [-0.05, 0) is 59.5 Å². The van der Waals surface area contributed by atoms with E-state index < -0.39 is 0 Å². The molecule has 0 N–H and O–H groups in total. The van der Waals surface area contributed by atoms with Crippen LogP contribution in [0.5, 0.6) is 0 Å². The van der Waals surface area contributed by atoms with E-state index in [0.717, 1.165) is 27.5 Å². The fraction of sp³-hybridized carbons (Fsp3) is 0.250. The van der Waals surface area contributed by atoms with Gasteiger partial charge in [0.25, 0.3) is 0 Å². The molecule has 0 aliphatic heterocycles. The van der Waals surface area contributed by atoms with Gasteiger partial charge in [-0.15, -0.1) is 0 Å². The Labute approximate surface area is 132 Å². The van der Waals surface area contributed by atoms with Gasteiger partial charge in [0.05, 0.1) is 0 Å². The van der Waals surface area contributed by atoms with E-state index in [0.29, 0.717) is 6.42 Å². The van der Waals surface area contributed by atoms with E-state index >= 15 is 0 Å². The van der Waals surface area contributed by atoms with Gasteiger partial charge in [0.15, 0.2) is 0 Å². The highest BCUT2D eigenvalue weighted by atomic mass is 16.5. The van der Waals surface area contributed by atoms with Gasteiger partial charge in [0.1, 0.15) is 6.10 Å². The van der Waals surface area contributed by atoms with Crippen molar-refractivity contribution in [1.82, 2.24) is 0 Å². The van der Waals surface area contributed by atoms with Crippen LogP contribution in [0.4, 0.5) is 0 Å². The predicted octanol–water partition coefficient (Wildman–Crippen LogP) is 5.53. The van der Waals surface area contributed by atoms with Crippen molar-refractivity contribution in [3.8, 4) is 0 Å². The normalized spacial score (nSPS) is 12.5. The second-order valence-electron chi connectivity index (χ2n) is 5.28. The third-order valence-corrected chi connectivity index (χ3v) is 3.70. The fourth-order valence-corrected chi connectivity index (χ4v) is 2.45. The molecule has 0 bridgehead atoms. The van der Waals surface area contributed by atoms with Crippen LogP contribution in [0.25, 0.3) is 22.9 Å². The Morgan fingerprint density at radius 1 is 1.23 bits per heavy atom. The highest BCUT2D eigenvalue weighted by molar-refractivity contribution is 5.89. The number of hydrogen-bond acceptors (Lipinski definition) is 2. The molecular formula is C20H22O2. The molecule has 22 heavy (non-hydrogen) atoms. The minimum absolute atomic E-state index is 0.177. The summed E-state index contributed by atoms with van der Waals surface area (Å²) in [6.07, 6.45) is 6.12. The van der Waals surface area contributed by atoms with Crippen LogP contribution in [0, 0.1) is 0 Å². The number of carbonyl (C=O) groups excluding carboxylic acids is 1. The SMILES string of the molecule is C=Cc1cc2ccc(C(C)OC(=O)CC)cc2cc1/C=C\C. The molecule has 2 rings (SSSR count). The van der Waals surface area contributed by atoms with Crippen molar-refractivity contribution < 1.29 is 9.53 Å². The molecular weight excluding hydrogens is 272 g/mol. The molecule has 0 fully saturated rings. The maximum Gasteiger partial charge on any atom is 0.306 e. The lowest BCUT2D eigenvalue weighted by atomic mass is 9.98. The van der Waals surface area contributed by atoms with E-state index in [4.69, 9.17) is 4.74 Å². The Balaban J connectivity index is 2.45. The van der Waals surface area contributed by atoms with Gasteiger partial charge < -0.3 is 4.74 Å². The molecule has 0 aliphatic rings. The van der Waals surface area contributed by atoms with Crippen LogP contribution in [0.1, 0.15) is 50.0 Å². The third-order valence-electron chi connectivity index (χ3n) is 3.70. The van der Waals surface area contributed by atoms with E-state index in [2.05, 4.69) is 36.9 Å². The number of carbonyl (C=O) groups is 1. The van der Waals surface area contributed by atoms with Crippen LogP contribution in [-0.4, -0.2) is 5.97 Å². The minimum Gasteiger partial charge on any atom is -0.458 e. The lowest BCUT2D eigenvalue weighted by Gasteiger charge is -2.14. The minimum atomic E-state index is -0.235. The monoisotopic (exact) mass is 294 g/mol. The molecule has 2 aromatic rings. The fourth-order valence-electron chi connectivity index (χ4n) is 2.45. The summed E-state index contributed by atoms with van der Waals surface area (Å²) in [5.41, 5.74) is 3.26. The van der Waals surface area contributed by atoms with Crippen molar-refractivity contribution in [2.45, 2.75) is 33.3 Å². The lowest BCUT2D eigenvalue weighted by molar-refractivity contribution is -0.148. The average molecular weight is 294 g/mol. The van der Waals surface area contributed by atoms with Gasteiger partial charge >= 0.3 is 5.97 Å². The molecule has 0 aromatic heterocycles. The second kappa shape index (κ2) is 7.08. The molecule has 1 atom stereocenters. The Kier molecular flexibility index (Phi) is 5.16. The summed E-state index contributed by atoms with van der Waals surface area (Å²) in [6.45, 7) is 9.58. The number of fused-ring (bicyclic) bond motifs is 1. The molecule has 0 radical (unpaired) electrons. The number of rotatable bonds is 5. The number of ether oxygens (including phenoxy) is 1. The van der Waals surface area contributed by atoms with Crippen molar-refractivity contribution in [1.29, 1.82) is 0 Å². The molecule has 2 aromatic carbocycles. The van der Waals surface area contributed by atoms with Crippen molar-refractivity contribution in [2.75, 3.05) is 0 Å². The third kappa shape index (κ3) is 3.45. The summed E-state index contributed by atoms with van der Waals surface area (Å²) in [6, 6.07) is 10.4. The number of esters is 1. The molecule has 0 amide bonds. The summed E-state index contributed by atoms with van der Waals surface area (Å²) >= 11 is 0. The van der Waals surface area contributed by atoms with Crippen molar-refractivity contribution in [3.05, 3.63) is 59.7 Å². The molecule has 0 aliphatic carbocycles. The van der Waals surface area contributed by atoms with Crippen molar-refractivity contribution in [3.63, 3.8) is 0 Å². The molecule has 0 spiro atoms. The zero-order chi connectivity index (χ0) is 16.1. The zero-order valence-electron chi connectivity index (χ0n) is 13.4. The van der Waals surface area contributed by atoms with Crippen molar-refractivity contribution in [2.24, 2.45) is 0 Å². The maximum atomic E-state index is 11.4. The summed E-state index contributed by atoms with van der Waals surface area (Å²) in [5, 5.41) is 2.29. The van der Waals surface area contributed by atoms with Crippen molar-refractivity contribution >= 4 is 28.9 Å². The summed E-state index contributed by atoms with van der Waals surface area (Å²) in [7, 11) is 0. The Morgan fingerprint density at radius 3 is 2.59 bits per heavy atom. The lowest BCUT2D eigenvalue weighted by Crippen LogP contribution is -2.07. The molecule has 2 nitrogen and oxygen atoms in total. The largest absolute Gasteiger partial charge is 0.458 e. The average Bonchev–Trinajstić information content (AvgIpc) is 2.53. The summed E-state index contributed by atoms with van der Waals surface area (Å²) < 4.78 is 5.39. The van der Waals surface area contributed by atoms with Crippen LogP contribution in [0.2, 0.25) is 0 Å². The molecule has 114 valence electrons. The first kappa shape index (κ1) is 16.0. The zero-order valence-corrected chi connectivity index (χ0v) is 13.4. The van der Waals surface area contributed by atoms with Gasteiger partial charge in [-0.3, -0.25) is 4.79 Å². The van der Waals surface area contributed by atoms with Crippen LogP contribution < -0.4 is 0 Å². The first-order valence-electron chi connectivity index (χ1n) is 7.61. The van der Waals surface area contributed by atoms with E-state index in [-0.39, 0.29) is 12.1 Å². The van der Waals surface area contributed by atoms with Crippen LogP contribution in [0.3, 0.4) is 0 Å². The van der Waals surface area contributed by atoms with Crippen LogP contribution in [0.15, 0.2) is 43.0 Å². The molecule has 1 unspecified atom stereocenters. The smallest absolute Gasteiger partial charge is 0.306 e. The highest BCUT2D eigenvalue weighted by Gasteiger charge is 2.11. The number of benzene rings is 2. The standard InChI is InChI=1S/C20H22O2/c1-5-8-17-13-19-12-16(14(4)22-20(21)7-3)9-10-18(19)11-15(17)6-2/h5-6,8-14H,2,7H2,1,3-4H3/b8-5-. The van der Waals surface area contributed by atoms with Crippen LogP contribution >= 0.6 is 0 Å². The maximum absolute atomic E-state index is 11.4. The van der Waals surface area contributed by atoms with Gasteiger partial charge in [0.2, 0.25) is 0 Å². The molecule has 2 heteroatoms. The Bertz CT molecular complexity index is 726. The van der Waals surface area contributed by atoms with Crippen LogP contribution in [-0.2, 0) is 9.53 Å².